The van der Waals surface area contributed by atoms with Gasteiger partial charge in [-0.3, -0.25) is 9.69 Å². The van der Waals surface area contributed by atoms with E-state index in [1.54, 1.807) is 4.90 Å². The van der Waals surface area contributed by atoms with Crippen molar-refractivity contribution >= 4 is 26.6 Å². The Hall–Kier alpha value is -1.86. The Kier molecular flexibility index (Phi) is 3.88. The van der Waals surface area contributed by atoms with Gasteiger partial charge in [0.15, 0.2) is 9.84 Å². The van der Waals surface area contributed by atoms with Gasteiger partial charge in [-0.2, -0.15) is 0 Å². The molecule has 2 aromatic rings. The molecule has 0 radical (unpaired) electrons. The van der Waals surface area contributed by atoms with Crippen molar-refractivity contribution in [2.24, 2.45) is 0 Å². The maximum absolute atomic E-state index is 13.3. The highest BCUT2D eigenvalue weighted by molar-refractivity contribution is 7.91. The summed E-state index contributed by atoms with van der Waals surface area (Å²) in [5, 5.41) is 1.07. The van der Waals surface area contributed by atoms with Crippen LogP contribution >= 0.6 is 0 Å². The normalized spacial score (nSPS) is 26.1. The zero-order chi connectivity index (χ0) is 17.8. The molecule has 2 fully saturated rings. The molecule has 1 amide bonds. The lowest BCUT2D eigenvalue weighted by molar-refractivity contribution is 0.0404. The number of benzene rings is 1. The van der Waals surface area contributed by atoms with Gasteiger partial charge in [-0.25, -0.2) is 8.42 Å². The first-order chi connectivity index (χ1) is 11.9. The lowest BCUT2D eigenvalue weighted by atomic mass is 10.0. The number of para-hydroxylation sites is 1. The fourth-order valence-electron chi connectivity index (χ4n) is 4.27. The van der Waals surface area contributed by atoms with E-state index in [4.69, 9.17) is 0 Å². The lowest BCUT2D eigenvalue weighted by Crippen LogP contribution is -2.59. The van der Waals surface area contributed by atoms with Crippen LogP contribution < -0.4 is 0 Å². The molecule has 0 unspecified atom stereocenters. The summed E-state index contributed by atoms with van der Waals surface area (Å²) in [6.07, 6.45) is 0.755. The molecule has 3 heterocycles. The average molecular weight is 361 g/mol. The summed E-state index contributed by atoms with van der Waals surface area (Å²) in [5.41, 5.74) is 2.57. The highest BCUT2D eigenvalue weighted by Gasteiger charge is 2.47. The molecule has 2 aliphatic heterocycles. The number of hydrogen-bond acceptors (Lipinski definition) is 4. The lowest BCUT2D eigenvalue weighted by Gasteiger charge is -2.42. The number of aryl methyl sites for hydroxylation is 1. The number of likely N-dealkylation sites (N-methyl/N-ethyl adjacent to an activating group) is 1. The van der Waals surface area contributed by atoms with Gasteiger partial charge < -0.3 is 9.88 Å². The first-order valence-corrected chi connectivity index (χ1v) is 10.5. The summed E-state index contributed by atoms with van der Waals surface area (Å²) in [6.45, 7) is 3.30. The van der Waals surface area contributed by atoms with E-state index in [0.29, 0.717) is 18.8 Å². The number of rotatable bonds is 2. The zero-order valence-electron chi connectivity index (χ0n) is 14.5. The van der Waals surface area contributed by atoms with E-state index in [9.17, 15) is 13.2 Å². The highest BCUT2D eigenvalue weighted by atomic mass is 32.2. The molecule has 2 atom stereocenters. The van der Waals surface area contributed by atoms with Crippen LogP contribution in [0.3, 0.4) is 0 Å². The number of amides is 1. The monoisotopic (exact) mass is 361 g/mol. The average Bonchev–Trinajstić information content (AvgIpc) is 3.11. The van der Waals surface area contributed by atoms with Gasteiger partial charge in [0, 0.05) is 30.0 Å². The Morgan fingerprint density at radius 2 is 1.92 bits per heavy atom. The number of hydrogen-bond donors (Lipinski definition) is 1. The second-order valence-corrected chi connectivity index (χ2v) is 9.22. The third-order valence-corrected chi connectivity index (χ3v) is 7.29. The van der Waals surface area contributed by atoms with E-state index >= 15 is 0 Å². The minimum absolute atomic E-state index is 0.0649. The number of sulfone groups is 1. The van der Waals surface area contributed by atoms with E-state index in [-0.39, 0.29) is 29.5 Å². The SMILES string of the molecule is CCc1c(C(=O)N2CCN(C)[C@H]3CS(=O)(=O)C[C@H]32)[nH]c2ccccc12. The number of carbonyl (C=O) groups excluding carboxylic acids is 1. The maximum atomic E-state index is 13.3. The Labute approximate surface area is 147 Å². The summed E-state index contributed by atoms with van der Waals surface area (Å²) in [6, 6.07) is 7.55. The number of H-pyrrole nitrogens is 1. The van der Waals surface area contributed by atoms with Crippen molar-refractivity contribution in [3.8, 4) is 0 Å². The van der Waals surface area contributed by atoms with Gasteiger partial charge in [-0.05, 0) is 25.1 Å². The maximum Gasteiger partial charge on any atom is 0.270 e. The molecule has 6 nitrogen and oxygen atoms in total. The van der Waals surface area contributed by atoms with E-state index < -0.39 is 9.84 Å². The van der Waals surface area contributed by atoms with Gasteiger partial charge in [-0.15, -0.1) is 0 Å². The van der Waals surface area contributed by atoms with Crippen molar-refractivity contribution in [3.63, 3.8) is 0 Å². The molecule has 1 aromatic heterocycles. The molecular formula is C18H23N3O3S. The molecular weight excluding hydrogens is 338 g/mol. The van der Waals surface area contributed by atoms with Crippen molar-refractivity contribution in [1.29, 1.82) is 0 Å². The molecule has 7 heteroatoms. The third-order valence-electron chi connectivity index (χ3n) is 5.60. The van der Waals surface area contributed by atoms with Crippen LogP contribution in [0, 0.1) is 0 Å². The fourth-order valence-corrected chi connectivity index (χ4v) is 6.33. The van der Waals surface area contributed by atoms with Gasteiger partial charge in [0.2, 0.25) is 0 Å². The zero-order valence-corrected chi connectivity index (χ0v) is 15.3. The van der Waals surface area contributed by atoms with Crippen molar-refractivity contribution in [3.05, 3.63) is 35.5 Å². The number of nitrogens with zero attached hydrogens (tertiary/aromatic N) is 2. The van der Waals surface area contributed by atoms with Crippen LogP contribution in [0.4, 0.5) is 0 Å². The molecule has 0 saturated carbocycles. The minimum Gasteiger partial charge on any atom is -0.350 e. The molecule has 134 valence electrons. The molecule has 25 heavy (non-hydrogen) atoms. The molecule has 4 rings (SSSR count). The van der Waals surface area contributed by atoms with Crippen LogP contribution in [0.2, 0.25) is 0 Å². The summed E-state index contributed by atoms with van der Waals surface area (Å²) in [5.74, 6) is 0.133. The first kappa shape index (κ1) is 16.6. The predicted octanol–water partition coefficient (Wildman–Crippen LogP) is 1.28. The van der Waals surface area contributed by atoms with Crippen LogP contribution in [0.25, 0.3) is 10.9 Å². The van der Waals surface area contributed by atoms with Gasteiger partial charge in [0.05, 0.1) is 17.5 Å². The third kappa shape index (κ3) is 2.66. The summed E-state index contributed by atoms with van der Waals surface area (Å²) in [7, 11) is -1.15. The quantitative estimate of drug-likeness (QED) is 0.875. The standard InChI is InChI=1S/C18H23N3O3S/c1-3-12-13-6-4-5-7-14(13)19-17(12)18(22)21-9-8-20(2)15-10-25(23,24)11-16(15)21/h4-7,15-16,19H,3,8-11H2,1-2H3/t15-,16+/m0/s1. The Bertz CT molecular complexity index is 934. The smallest absolute Gasteiger partial charge is 0.270 e. The summed E-state index contributed by atoms with van der Waals surface area (Å²) in [4.78, 5) is 20.4. The minimum atomic E-state index is -3.10. The number of aromatic nitrogens is 1. The Morgan fingerprint density at radius 1 is 1.20 bits per heavy atom. The topological polar surface area (TPSA) is 73.5 Å². The van der Waals surface area contributed by atoms with Gasteiger partial charge >= 0.3 is 0 Å². The molecule has 0 aliphatic carbocycles. The first-order valence-electron chi connectivity index (χ1n) is 8.72. The molecule has 1 N–H and O–H groups in total. The van der Waals surface area contributed by atoms with Gasteiger partial charge in [0.1, 0.15) is 5.69 Å². The van der Waals surface area contributed by atoms with Crippen LogP contribution in [-0.2, 0) is 16.3 Å². The van der Waals surface area contributed by atoms with E-state index in [0.717, 1.165) is 22.9 Å². The number of carbonyl (C=O) groups is 1. The number of fused-ring (bicyclic) bond motifs is 2. The van der Waals surface area contributed by atoms with Crippen molar-refractivity contribution < 1.29 is 13.2 Å². The summed E-state index contributed by atoms with van der Waals surface area (Å²) < 4.78 is 24.3. The molecule has 0 bridgehead atoms. The largest absolute Gasteiger partial charge is 0.350 e. The van der Waals surface area contributed by atoms with E-state index in [1.165, 1.54) is 0 Å². The Balaban J connectivity index is 1.74. The second kappa shape index (κ2) is 5.85. The van der Waals surface area contributed by atoms with E-state index in [1.807, 2.05) is 38.2 Å². The van der Waals surface area contributed by atoms with Gasteiger partial charge in [-0.1, -0.05) is 25.1 Å². The van der Waals surface area contributed by atoms with E-state index in [2.05, 4.69) is 9.88 Å². The summed E-state index contributed by atoms with van der Waals surface area (Å²) >= 11 is 0. The second-order valence-electron chi connectivity index (χ2n) is 7.07. The van der Waals surface area contributed by atoms with Crippen LogP contribution in [0.1, 0.15) is 23.0 Å². The predicted molar refractivity (Wildman–Crippen MR) is 97.6 cm³/mol. The van der Waals surface area contributed by atoms with Crippen LogP contribution in [0.5, 0.6) is 0 Å². The number of aromatic amines is 1. The van der Waals surface area contributed by atoms with Gasteiger partial charge in [0.25, 0.3) is 5.91 Å². The number of nitrogens with one attached hydrogen (secondary N) is 1. The highest BCUT2D eigenvalue weighted by Crippen LogP contribution is 2.29. The van der Waals surface area contributed by atoms with Crippen molar-refractivity contribution in [2.45, 2.75) is 25.4 Å². The van der Waals surface area contributed by atoms with Crippen LogP contribution in [-0.4, -0.2) is 72.8 Å². The Morgan fingerprint density at radius 3 is 2.68 bits per heavy atom. The molecule has 0 spiro atoms. The molecule has 1 aromatic carbocycles. The molecule has 2 aliphatic rings. The number of piperazine rings is 1. The van der Waals surface area contributed by atoms with Crippen molar-refractivity contribution in [1.82, 2.24) is 14.8 Å². The fraction of sp³-hybridized carbons (Fsp3) is 0.500. The molecule has 2 saturated heterocycles. The van der Waals surface area contributed by atoms with Crippen LogP contribution in [0.15, 0.2) is 24.3 Å². The van der Waals surface area contributed by atoms with Crippen molar-refractivity contribution in [2.75, 3.05) is 31.6 Å².